The van der Waals surface area contributed by atoms with Crippen LogP contribution in [0.3, 0.4) is 0 Å². The zero-order chi connectivity index (χ0) is 18.4. The second-order valence-corrected chi connectivity index (χ2v) is 7.54. The third-order valence-corrected chi connectivity index (χ3v) is 5.47. The van der Waals surface area contributed by atoms with Gasteiger partial charge in [0.2, 0.25) is 0 Å². The topological polar surface area (TPSA) is 54.9 Å². The molecular formula is C19H16ClN3OS2. The Morgan fingerprint density at radius 2 is 1.92 bits per heavy atom. The van der Waals surface area contributed by atoms with E-state index in [4.69, 9.17) is 11.6 Å². The highest BCUT2D eigenvalue weighted by Crippen LogP contribution is 2.26. The summed E-state index contributed by atoms with van der Waals surface area (Å²) in [5.41, 5.74) is 2.38. The van der Waals surface area contributed by atoms with Gasteiger partial charge in [-0.1, -0.05) is 11.6 Å². The molecule has 0 aliphatic heterocycles. The molecular weight excluding hydrogens is 386 g/mol. The predicted octanol–water partition coefficient (Wildman–Crippen LogP) is 5.40. The molecule has 26 heavy (non-hydrogen) atoms. The summed E-state index contributed by atoms with van der Waals surface area (Å²) in [5.74, 6) is 0.524. The molecule has 7 heteroatoms. The van der Waals surface area contributed by atoms with Crippen LogP contribution in [0.5, 0.6) is 0 Å². The van der Waals surface area contributed by atoms with Gasteiger partial charge < -0.3 is 5.32 Å². The van der Waals surface area contributed by atoms with Crippen molar-refractivity contribution in [3.63, 3.8) is 0 Å². The third kappa shape index (κ3) is 5.00. The first-order chi connectivity index (χ1) is 12.7. The van der Waals surface area contributed by atoms with E-state index in [1.807, 2.05) is 18.4 Å². The van der Waals surface area contributed by atoms with Crippen molar-refractivity contribution in [3.05, 3.63) is 77.1 Å². The van der Waals surface area contributed by atoms with E-state index in [1.54, 1.807) is 60.6 Å². The molecule has 0 radical (unpaired) electrons. The summed E-state index contributed by atoms with van der Waals surface area (Å²) >= 11 is 9.02. The fourth-order valence-corrected chi connectivity index (χ4v) is 3.71. The Kier molecular flexibility index (Phi) is 6.55. The van der Waals surface area contributed by atoms with E-state index in [9.17, 15) is 4.79 Å². The number of aromatic nitrogens is 2. The molecule has 4 nitrogen and oxygen atoms in total. The van der Waals surface area contributed by atoms with Gasteiger partial charge in [0.25, 0.3) is 5.91 Å². The third-order valence-electron chi connectivity index (χ3n) is 3.50. The summed E-state index contributed by atoms with van der Waals surface area (Å²) < 4.78 is 0. The Labute approximate surface area is 165 Å². The molecule has 3 aromatic rings. The van der Waals surface area contributed by atoms with Gasteiger partial charge >= 0.3 is 0 Å². The van der Waals surface area contributed by atoms with Gasteiger partial charge in [-0.05, 0) is 60.4 Å². The maximum atomic E-state index is 12.6. The van der Waals surface area contributed by atoms with Crippen molar-refractivity contribution in [1.82, 2.24) is 9.97 Å². The number of hydrogen-bond donors (Lipinski definition) is 1. The molecule has 132 valence electrons. The molecule has 1 N–H and O–H groups in total. The molecule has 1 aromatic carbocycles. The minimum atomic E-state index is -0.192. The van der Waals surface area contributed by atoms with Gasteiger partial charge in [0.05, 0.1) is 10.6 Å². The molecule has 0 spiro atoms. The summed E-state index contributed by atoms with van der Waals surface area (Å²) in [6.07, 6.45) is 5.49. The average molecular weight is 402 g/mol. The van der Waals surface area contributed by atoms with Crippen LogP contribution in [0.15, 0.2) is 71.0 Å². The SMILES string of the molecule is CSc1cc(CSc2ncccc2C(=O)Nc2ccc(Cl)cc2)ccn1. The zero-order valence-electron chi connectivity index (χ0n) is 14.0. The highest BCUT2D eigenvalue weighted by molar-refractivity contribution is 7.98. The van der Waals surface area contributed by atoms with E-state index < -0.39 is 0 Å². The fraction of sp³-hybridized carbons (Fsp3) is 0.105. The van der Waals surface area contributed by atoms with Crippen molar-refractivity contribution in [1.29, 1.82) is 0 Å². The number of rotatable bonds is 6. The summed E-state index contributed by atoms with van der Waals surface area (Å²) in [6, 6.07) is 14.6. The molecule has 0 aliphatic rings. The van der Waals surface area contributed by atoms with Crippen LogP contribution in [0.1, 0.15) is 15.9 Å². The second-order valence-electron chi connectivity index (χ2n) is 5.31. The molecule has 0 unspecified atom stereocenters. The van der Waals surface area contributed by atoms with Crippen LogP contribution in [0.4, 0.5) is 5.69 Å². The van der Waals surface area contributed by atoms with Crippen LogP contribution in [0.25, 0.3) is 0 Å². The number of nitrogens with one attached hydrogen (secondary N) is 1. The van der Waals surface area contributed by atoms with Crippen LogP contribution < -0.4 is 5.32 Å². The average Bonchev–Trinajstić information content (AvgIpc) is 2.68. The van der Waals surface area contributed by atoms with Gasteiger partial charge in [0, 0.05) is 28.9 Å². The van der Waals surface area contributed by atoms with E-state index >= 15 is 0 Å². The van der Waals surface area contributed by atoms with E-state index in [1.165, 1.54) is 11.8 Å². The standard InChI is InChI=1S/C19H16ClN3OS2/c1-25-17-11-13(8-10-21-17)12-26-19-16(3-2-9-22-19)18(24)23-15-6-4-14(20)5-7-15/h2-11H,12H2,1H3,(H,23,24). The Morgan fingerprint density at radius 3 is 2.69 bits per heavy atom. The van der Waals surface area contributed by atoms with Gasteiger partial charge in [-0.3, -0.25) is 4.79 Å². The fourth-order valence-electron chi connectivity index (χ4n) is 2.21. The maximum Gasteiger partial charge on any atom is 0.258 e. The molecule has 2 aromatic heterocycles. The summed E-state index contributed by atoms with van der Waals surface area (Å²) in [5, 5.41) is 5.18. The van der Waals surface area contributed by atoms with E-state index in [-0.39, 0.29) is 5.91 Å². The lowest BCUT2D eigenvalue weighted by Gasteiger charge is -2.09. The molecule has 3 rings (SSSR count). The van der Waals surface area contributed by atoms with Gasteiger partial charge in [-0.15, -0.1) is 23.5 Å². The van der Waals surface area contributed by atoms with Crippen molar-refractivity contribution in [2.24, 2.45) is 0 Å². The number of anilines is 1. The predicted molar refractivity (Wildman–Crippen MR) is 109 cm³/mol. The largest absolute Gasteiger partial charge is 0.322 e. The second kappa shape index (κ2) is 9.07. The van der Waals surface area contributed by atoms with Gasteiger partial charge in [-0.25, -0.2) is 9.97 Å². The van der Waals surface area contributed by atoms with Gasteiger partial charge in [-0.2, -0.15) is 0 Å². The summed E-state index contributed by atoms with van der Waals surface area (Å²) in [4.78, 5) is 21.3. The minimum absolute atomic E-state index is 0.192. The Balaban J connectivity index is 1.72. The maximum absolute atomic E-state index is 12.6. The lowest BCUT2D eigenvalue weighted by molar-refractivity contribution is 0.102. The molecule has 0 bridgehead atoms. The molecule has 0 saturated heterocycles. The number of carbonyl (C=O) groups excluding carboxylic acids is 1. The number of benzene rings is 1. The molecule has 2 heterocycles. The summed E-state index contributed by atoms with van der Waals surface area (Å²) in [6.45, 7) is 0. The van der Waals surface area contributed by atoms with Gasteiger partial charge in [0.1, 0.15) is 5.03 Å². The number of thioether (sulfide) groups is 2. The van der Waals surface area contributed by atoms with Crippen LogP contribution >= 0.6 is 35.1 Å². The minimum Gasteiger partial charge on any atom is -0.322 e. The first-order valence-corrected chi connectivity index (χ1v) is 10.4. The Bertz CT molecular complexity index is 903. The molecule has 0 saturated carbocycles. The quantitative estimate of drug-likeness (QED) is 0.560. The Hall–Kier alpha value is -2.02. The zero-order valence-corrected chi connectivity index (χ0v) is 16.4. The summed E-state index contributed by atoms with van der Waals surface area (Å²) in [7, 11) is 0. The normalized spacial score (nSPS) is 10.5. The highest BCUT2D eigenvalue weighted by Gasteiger charge is 2.13. The van der Waals surface area contributed by atoms with Crippen LogP contribution in [0.2, 0.25) is 5.02 Å². The van der Waals surface area contributed by atoms with Crippen molar-refractivity contribution in [3.8, 4) is 0 Å². The molecule has 0 aliphatic carbocycles. The van der Waals surface area contributed by atoms with Crippen molar-refractivity contribution < 1.29 is 4.79 Å². The molecule has 0 atom stereocenters. The van der Waals surface area contributed by atoms with E-state index in [0.29, 0.717) is 27.1 Å². The first-order valence-electron chi connectivity index (χ1n) is 7.79. The number of hydrogen-bond acceptors (Lipinski definition) is 5. The number of carbonyl (C=O) groups is 1. The van der Waals surface area contributed by atoms with Crippen LogP contribution in [-0.4, -0.2) is 22.1 Å². The lowest BCUT2D eigenvalue weighted by atomic mass is 10.2. The number of pyridine rings is 2. The van der Waals surface area contributed by atoms with Crippen LogP contribution in [0, 0.1) is 0 Å². The van der Waals surface area contributed by atoms with Crippen molar-refractivity contribution in [2.45, 2.75) is 15.8 Å². The number of amides is 1. The van der Waals surface area contributed by atoms with Crippen molar-refractivity contribution >= 4 is 46.7 Å². The number of nitrogens with zero attached hydrogens (tertiary/aromatic N) is 2. The smallest absolute Gasteiger partial charge is 0.258 e. The monoisotopic (exact) mass is 401 g/mol. The van der Waals surface area contributed by atoms with E-state index in [0.717, 1.165) is 10.6 Å². The molecule has 1 amide bonds. The molecule has 0 fully saturated rings. The Morgan fingerprint density at radius 1 is 1.12 bits per heavy atom. The van der Waals surface area contributed by atoms with Crippen LogP contribution in [-0.2, 0) is 5.75 Å². The number of halogens is 1. The highest BCUT2D eigenvalue weighted by atomic mass is 35.5. The van der Waals surface area contributed by atoms with E-state index in [2.05, 4.69) is 15.3 Å². The van der Waals surface area contributed by atoms with Crippen molar-refractivity contribution in [2.75, 3.05) is 11.6 Å². The lowest BCUT2D eigenvalue weighted by Crippen LogP contribution is -2.13. The first kappa shape index (κ1) is 18.8. The van der Waals surface area contributed by atoms with Gasteiger partial charge in [0.15, 0.2) is 0 Å².